The van der Waals surface area contributed by atoms with Crippen molar-refractivity contribution < 1.29 is 4.79 Å². The normalized spacial score (nSPS) is 10.0. The minimum atomic E-state index is -0.0868. The molecule has 0 atom stereocenters. The maximum atomic E-state index is 11.6. The van der Waals surface area contributed by atoms with Crippen molar-refractivity contribution in [2.75, 3.05) is 30.5 Å². The first-order valence-corrected chi connectivity index (χ1v) is 5.93. The van der Waals surface area contributed by atoms with Crippen LogP contribution in [0.2, 0.25) is 5.02 Å². The van der Waals surface area contributed by atoms with Crippen LogP contribution in [0.3, 0.4) is 0 Å². The van der Waals surface area contributed by atoms with Gasteiger partial charge in [0.25, 0.3) is 0 Å². The number of hydrogen-bond acceptors (Lipinski definition) is 6. The molecular weight excluding hydrogens is 256 g/mol. The average molecular weight is 273 g/mol. The molecule has 0 aromatic carbocycles. The van der Waals surface area contributed by atoms with Crippen LogP contribution in [-0.4, -0.2) is 36.0 Å². The lowest BCUT2D eigenvalue weighted by Crippen LogP contribution is -2.36. The van der Waals surface area contributed by atoms with Crippen molar-refractivity contribution in [2.24, 2.45) is 5.84 Å². The Labute approximate surface area is 111 Å². The summed E-state index contributed by atoms with van der Waals surface area (Å²) in [5.74, 6) is 5.83. The van der Waals surface area contributed by atoms with Gasteiger partial charge in [0.15, 0.2) is 5.82 Å². The first kappa shape index (κ1) is 14.5. The van der Waals surface area contributed by atoms with Crippen LogP contribution in [-0.2, 0) is 4.79 Å². The fourth-order valence-electron chi connectivity index (χ4n) is 1.31. The molecule has 0 aliphatic rings. The maximum absolute atomic E-state index is 11.6. The van der Waals surface area contributed by atoms with E-state index in [-0.39, 0.29) is 18.4 Å². The van der Waals surface area contributed by atoms with Crippen LogP contribution < -0.4 is 21.5 Å². The van der Waals surface area contributed by atoms with Crippen LogP contribution in [0.5, 0.6) is 0 Å². The molecule has 1 rings (SSSR count). The van der Waals surface area contributed by atoms with Crippen LogP contribution in [0.4, 0.5) is 11.8 Å². The topological polar surface area (TPSA) is 96.2 Å². The standard InChI is InChI=1S/C10H17ClN6O/c1-3-4-13-8(18)6-17(2)9-7(11)5-14-10(15-9)16-12/h5H,3-4,6,12H2,1-2H3,(H,13,18)(H,14,15,16). The summed E-state index contributed by atoms with van der Waals surface area (Å²) in [4.78, 5) is 21.2. The third kappa shape index (κ3) is 4.01. The number of halogens is 1. The molecule has 1 amide bonds. The van der Waals surface area contributed by atoms with Gasteiger partial charge < -0.3 is 10.2 Å². The summed E-state index contributed by atoms with van der Waals surface area (Å²) in [5, 5.41) is 3.13. The molecule has 0 saturated carbocycles. The Kier molecular flexibility index (Phi) is 5.60. The summed E-state index contributed by atoms with van der Waals surface area (Å²) in [7, 11) is 1.72. The van der Waals surface area contributed by atoms with Crippen LogP contribution >= 0.6 is 11.6 Å². The van der Waals surface area contributed by atoms with Crippen molar-refractivity contribution >= 4 is 29.3 Å². The van der Waals surface area contributed by atoms with E-state index < -0.39 is 0 Å². The number of hydrogen-bond donors (Lipinski definition) is 3. The summed E-state index contributed by atoms with van der Waals surface area (Å²) in [6.45, 7) is 2.81. The van der Waals surface area contributed by atoms with E-state index in [4.69, 9.17) is 17.4 Å². The lowest BCUT2D eigenvalue weighted by molar-refractivity contribution is -0.119. The number of nitrogens with zero attached hydrogens (tertiary/aromatic N) is 3. The molecule has 0 aliphatic carbocycles. The lowest BCUT2D eigenvalue weighted by atomic mass is 10.4. The van der Waals surface area contributed by atoms with Crippen LogP contribution in [0, 0.1) is 0 Å². The number of likely N-dealkylation sites (N-methyl/N-ethyl adjacent to an activating group) is 1. The maximum Gasteiger partial charge on any atom is 0.239 e. The molecule has 18 heavy (non-hydrogen) atoms. The van der Waals surface area contributed by atoms with Crippen molar-refractivity contribution in [1.82, 2.24) is 15.3 Å². The highest BCUT2D eigenvalue weighted by molar-refractivity contribution is 6.32. The second-order valence-electron chi connectivity index (χ2n) is 3.72. The number of rotatable bonds is 6. The Morgan fingerprint density at radius 3 is 2.94 bits per heavy atom. The average Bonchev–Trinajstić information content (AvgIpc) is 2.36. The summed E-state index contributed by atoms with van der Waals surface area (Å²) < 4.78 is 0. The first-order chi connectivity index (χ1) is 8.58. The molecule has 0 aliphatic heterocycles. The number of nitrogens with two attached hydrogens (primary N) is 1. The Bertz CT molecular complexity index is 413. The molecule has 1 heterocycles. The third-order valence-electron chi connectivity index (χ3n) is 2.17. The predicted molar refractivity (Wildman–Crippen MR) is 71.4 cm³/mol. The van der Waals surface area contributed by atoms with Gasteiger partial charge in [-0.1, -0.05) is 18.5 Å². The van der Waals surface area contributed by atoms with Crippen molar-refractivity contribution in [1.29, 1.82) is 0 Å². The van der Waals surface area contributed by atoms with E-state index in [0.29, 0.717) is 17.4 Å². The van der Waals surface area contributed by atoms with E-state index in [2.05, 4.69) is 20.7 Å². The fraction of sp³-hybridized carbons (Fsp3) is 0.500. The largest absolute Gasteiger partial charge is 0.355 e. The minimum Gasteiger partial charge on any atom is -0.355 e. The molecule has 7 nitrogen and oxygen atoms in total. The van der Waals surface area contributed by atoms with Crippen LogP contribution in [0.25, 0.3) is 0 Å². The highest BCUT2D eigenvalue weighted by Gasteiger charge is 2.12. The summed E-state index contributed by atoms with van der Waals surface area (Å²) >= 11 is 5.97. The summed E-state index contributed by atoms with van der Waals surface area (Å²) in [6.07, 6.45) is 2.32. The fourth-order valence-corrected chi connectivity index (χ4v) is 1.54. The number of carbonyl (C=O) groups excluding carboxylic acids is 1. The second-order valence-corrected chi connectivity index (χ2v) is 4.12. The van der Waals surface area contributed by atoms with Crippen molar-refractivity contribution in [3.63, 3.8) is 0 Å². The van der Waals surface area contributed by atoms with Crippen LogP contribution in [0.1, 0.15) is 13.3 Å². The van der Waals surface area contributed by atoms with Gasteiger partial charge in [0.05, 0.1) is 12.7 Å². The molecule has 0 fully saturated rings. The second kappa shape index (κ2) is 6.97. The van der Waals surface area contributed by atoms with Gasteiger partial charge in [-0.2, -0.15) is 4.98 Å². The molecule has 1 aromatic heterocycles. The van der Waals surface area contributed by atoms with E-state index in [1.54, 1.807) is 11.9 Å². The minimum absolute atomic E-state index is 0.0868. The monoisotopic (exact) mass is 272 g/mol. The number of nitrogen functional groups attached to an aromatic ring is 1. The number of amides is 1. The van der Waals surface area contributed by atoms with Crippen molar-refractivity contribution in [3.05, 3.63) is 11.2 Å². The Morgan fingerprint density at radius 2 is 2.33 bits per heavy atom. The van der Waals surface area contributed by atoms with E-state index in [1.807, 2.05) is 6.92 Å². The van der Waals surface area contributed by atoms with E-state index in [9.17, 15) is 4.79 Å². The molecule has 0 spiro atoms. The Hall–Kier alpha value is -1.60. The van der Waals surface area contributed by atoms with E-state index >= 15 is 0 Å². The summed E-state index contributed by atoms with van der Waals surface area (Å²) in [6, 6.07) is 0. The predicted octanol–water partition coefficient (Wildman–Crippen LogP) is 0.378. The zero-order valence-electron chi connectivity index (χ0n) is 10.4. The quantitative estimate of drug-likeness (QED) is 0.512. The van der Waals surface area contributed by atoms with Crippen molar-refractivity contribution in [3.8, 4) is 0 Å². The van der Waals surface area contributed by atoms with E-state index in [0.717, 1.165) is 6.42 Å². The molecular formula is C10H17ClN6O. The first-order valence-electron chi connectivity index (χ1n) is 5.55. The molecule has 0 bridgehead atoms. The van der Waals surface area contributed by atoms with Crippen molar-refractivity contribution in [2.45, 2.75) is 13.3 Å². The third-order valence-corrected chi connectivity index (χ3v) is 2.44. The molecule has 0 saturated heterocycles. The Morgan fingerprint density at radius 1 is 1.61 bits per heavy atom. The molecule has 4 N–H and O–H groups in total. The smallest absolute Gasteiger partial charge is 0.239 e. The molecule has 8 heteroatoms. The van der Waals surface area contributed by atoms with Gasteiger partial charge in [0, 0.05) is 13.6 Å². The number of carbonyl (C=O) groups is 1. The molecule has 0 radical (unpaired) electrons. The number of aromatic nitrogens is 2. The Balaban J connectivity index is 2.71. The molecule has 1 aromatic rings. The molecule has 0 unspecified atom stereocenters. The van der Waals surface area contributed by atoms with E-state index in [1.165, 1.54) is 6.20 Å². The number of anilines is 2. The zero-order valence-corrected chi connectivity index (χ0v) is 11.2. The number of nitrogens with one attached hydrogen (secondary N) is 2. The van der Waals surface area contributed by atoms with Gasteiger partial charge in [-0.25, -0.2) is 10.8 Å². The van der Waals surface area contributed by atoms with Crippen LogP contribution in [0.15, 0.2) is 6.20 Å². The summed E-state index contributed by atoms with van der Waals surface area (Å²) in [5.41, 5.74) is 2.33. The lowest BCUT2D eigenvalue weighted by Gasteiger charge is -2.19. The van der Waals surface area contributed by atoms with Gasteiger partial charge in [0.1, 0.15) is 5.02 Å². The highest BCUT2D eigenvalue weighted by atomic mass is 35.5. The van der Waals surface area contributed by atoms with Gasteiger partial charge >= 0.3 is 0 Å². The van der Waals surface area contributed by atoms with Gasteiger partial charge in [-0.3, -0.25) is 10.2 Å². The van der Waals surface area contributed by atoms with Gasteiger partial charge in [-0.05, 0) is 6.42 Å². The molecule has 100 valence electrons. The zero-order chi connectivity index (χ0) is 13.5. The van der Waals surface area contributed by atoms with Gasteiger partial charge in [-0.15, -0.1) is 0 Å². The SMILES string of the molecule is CCCNC(=O)CN(C)c1nc(NN)ncc1Cl. The highest BCUT2D eigenvalue weighted by Crippen LogP contribution is 2.22. The van der Waals surface area contributed by atoms with Gasteiger partial charge in [0.2, 0.25) is 11.9 Å². The number of hydrazine groups is 1.